The molecule has 0 aliphatic heterocycles. The summed E-state index contributed by atoms with van der Waals surface area (Å²) in [4.78, 5) is 41.2. The first-order valence-electron chi connectivity index (χ1n) is 18.0. The van der Waals surface area contributed by atoms with Crippen LogP contribution in [-0.2, 0) is 34.0 Å². The van der Waals surface area contributed by atoms with Crippen molar-refractivity contribution in [1.82, 2.24) is 9.88 Å². The molecule has 2 aromatic carbocycles. The van der Waals surface area contributed by atoms with Crippen LogP contribution >= 0.6 is 0 Å². The average molecular weight is 709 g/mol. The summed E-state index contributed by atoms with van der Waals surface area (Å²) in [5, 5.41) is 14.4. The Kier molecular flexibility index (Phi) is 13.0. The molecule has 0 fully saturated rings. The van der Waals surface area contributed by atoms with Crippen molar-refractivity contribution in [3.8, 4) is 11.3 Å². The Balaban J connectivity index is 2.28. The lowest BCUT2D eigenvalue weighted by Gasteiger charge is -2.34. The quantitative estimate of drug-likeness (QED) is 0.134. The summed E-state index contributed by atoms with van der Waals surface area (Å²) in [7, 11) is 0. The molecule has 0 saturated heterocycles. The lowest BCUT2D eigenvalue weighted by Crippen LogP contribution is -2.51. The Morgan fingerprint density at radius 2 is 1.43 bits per heavy atom. The van der Waals surface area contributed by atoms with Crippen LogP contribution in [-0.4, -0.2) is 64.1 Å². The maximum atomic E-state index is 14.2. The van der Waals surface area contributed by atoms with Crippen LogP contribution in [0.5, 0.6) is 0 Å². The standard InChI is InChI=1S/C41H60N2O8/c1-15-41(16-2,51-37(47)50-39(10,11)12)34(44)42-24-27(6)32-30-23-29(40(13,14)35(45)48-17-3)18-19-31(30)43(36(46)49-38(7,8)9)33(32)28-21-25(4)20-26(5)22-28/h18-23,27,37,47H,15-17,24H2,1-14H3,(H,42,44). The van der Waals surface area contributed by atoms with E-state index in [4.69, 9.17) is 18.9 Å². The molecule has 1 heterocycles. The molecular weight excluding hydrogens is 648 g/mol. The Bertz CT molecular complexity index is 1700. The van der Waals surface area contributed by atoms with E-state index >= 15 is 0 Å². The van der Waals surface area contributed by atoms with Gasteiger partial charge in [0.2, 0.25) is 0 Å². The van der Waals surface area contributed by atoms with Crippen molar-refractivity contribution in [2.24, 2.45) is 0 Å². The monoisotopic (exact) mass is 708 g/mol. The van der Waals surface area contributed by atoms with Gasteiger partial charge in [-0.3, -0.25) is 9.59 Å². The van der Waals surface area contributed by atoms with Crippen LogP contribution in [0, 0.1) is 13.8 Å². The lowest BCUT2D eigenvalue weighted by atomic mass is 9.83. The van der Waals surface area contributed by atoms with E-state index in [-0.39, 0.29) is 30.9 Å². The Morgan fingerprint density at radius 1 is 0.843 bits per heavy atom. The summed E-state index contributed by atoms with van der Waals surface area (Å²) in [6.07, 6.45) is 0.0531. The SMILES string of the molecule is CCOC(=O)C(C)(C)c1ccc2c(c1)c(C(C)CNC(=O)C(CC)(CC)OC(O)OC(C)(C)C)c(-c1cc(C)cc(C)c1)n2C(=O)OC(C)(C)C. The molecule has 2 N–H and O–H groups in total. The van der Waals surface area contributed by atoms with Crippen LogP contribution in [0.4, 0.5) is 4.79 Å². The van der Waals surface area contributed by atoms with E-state index < -0.39 is 34.8 Å². The van der Waals surface area contributed by atoms with Crippen molar-refractivity contribution in [3.05, 3.63) is 58.7 Å². The highest BCUT2D eigenvalue weighted by atomic mass is 16.8. The smallest absolute Gasteiger partial charge is 0.419 e. The zero-order valence-electron chi connectivity index (χ0n) is 33.2. The highest BCUT2D eigenvalue weighted by Crippen LogP contribution is 2.41. The molecule has 0 spiro atoms. The second-order valence-corrected chi connectivity index (χ2v) is 16.0. The maximum absolute atomic E-state index is 14.2. The van der Waals surface area contributed by atoms with Gasteiger partial charge in [0.15, 0.2) is 5.60 Å². The van der Waals surface area contributed by atoms with Crippen LogP contribution in [0.25, 0.3) is 22.2 Å². The van der Waals surface area contributed by atoms with E-state index in [0.717, 1.165) is 33.2 Å². The van der Waals surface area contributed by atoms with Gasteiger partial charge in [0.05, 0.1) is 28.8 Å². The zero-order valence-corrected chi connectivity index (χ0v) is 33.2. The number of esters is 1. The minimum atomic E-state index is -1.60. The van der Waals surface area contributed by atoms with Crippen molar-refractivity contribution in [2.45, 2.75) is 144 Å². The van der Waals surface area contributed by atoms with Crippen LogP contribution in [0.1, 0.15) is 124 Å². The molecule has 51 heavy (non-hydrogen) atoms. The minimum absolute atomic E-state index is 0.177. The fourth-order valence-electron chi connectivity index (χ4n) is 6.35. The second-order valence-electron chi connectivity index (χ2n) is 16.0. The third-order valence-electron chi connectivity index (χ3n) is 8.98. The molecule has 10 nitrogen and oxygen atoms in total. The normalized spacial score (nSPS) is 13.9. The van der Waals surface area contributed by atoms with Crippen molar-refractivity contribution in [3.63, 3.8) is 0 Å². The number of hydrogen-bond acceptors (Lipinski definition) is 8. The predicted octanol–water partition coefficient (Wildman–Crippen LogP) is 8.44. The average Bonchev–Trinajstić information content (AvgIpc) is 3.35. The zero-order chi connectivity index (χ0) is 38.7. The number of ether oxygens (including phenoxy) is 4. The molecule has 2 unspecified atom stereocenters. The van der Waals surface area contributed by atoms with Gasteiger partial charge < -0.3 is 29.4 Å². The molecule has 0 saturated carbocycles. The van der Waals surface area contributed by atoms with E-state index in [2.05, 4.69) is 11.4 Å². The van der Waals surface area contributed by atoms with Crippen LogP contribution in [0.3, 0.4) is 0 Å². The largest absolute Gasteiger partial charge is 0.465 e. The van der Waals surface area contributed by atoms with Crippen LogP contribution in [0.2, 0.25) is 0 Å². The third-order valence-corrected chi connectivity index (χ3v) is 8.98. The molecule has 10 heteroatoms. The summed E-state index contributed by atoms with van der Waals surface area (Å²) in [5.41, 5.74) is 1.83. The van der Waals surface area contributed by atoms with E-state index in [0.29, 0.717) is 24.1 Å². The number of aryl methyl sites for hydroxylation is 2. The number of nitrogens with one attached hydrogen (secondary N) is 1. The topological polar surface area (TPSA) is 125 Å². The number of aliphatic hydroxyl groups is 1. The lowest BCUT2D eigenvalue weighted by molar-refractivity contribution is -0.329. The molecule has 1 amide bonds. The Morgan fingerprint density at radius 3 is 1.94 bits per heavy atom. The summed E-state index contributed by atoms with van der Waals surface area (Å²) >= 11 is 0. The number of rotatable bonds is 13. The Labute approximate surface area is 304 Å². The van der Waals surface area contributed by atoms with Gasteiger partial charge in [-0.2, -0.15) is 0 Å². The Hall–Kier alpha value is -3.73. The molecule has 1 aromatic heterocycles. The van der Waals surface area contributed by atoms with E-state index in [1.165, 1.54) is 0 Å². The summed E-state index contributed by atoms with van der Waals surface area (Å²) in [5.74, 6) is -1.09. The van der Waals surface area contributed by atoms with E-state index in [1.54, 1.807) is 32.3 Å². The third kappa shape index (κ3) is 9.78. The first kappa shape index (κ1) is 41.7. The van der Waals surface area contributed by atoms with Crippen molar-refractivity contribution in [2.75, 3.05) is 13.2 Å². The number of amides is 1. The van der Waals surface area contributed by atoms with Gasteiger partial charge in [0.25, 0.3) is 12.4 Å². The first-order chi connectivity index (χ1) is 23.5. The molecule has 2 atom stereocenters. The maximum Gasteiger partial charge on any atom is 0.419 e. The van der Waals surface area contributed by atoms with Crippen molar-refractivity contribution >= 4 is 28.9 Å². The van der Waals surface area contributed by atoms with Gasteiger partial charge in [0.1, 0.15) is 5.60 Å². The molecule has 3 rings (SSSR count). The molecule has 0 aliphatic rings. The summed E-state index contributed by atoms with van der Waals surface area (Å²) in [6, 6.07) is 11.8. The molecule has 0 bridgehead atoms. The van der Waals surface area contributed by atoms with Gasteiger partial charge in [-0.05, 0) is 130 Å². The number of aromatic nitrogens is 1. The van der Waals surface area contributed by atoms with Crippen molar-refractivity contribution in [1.29, 1.82) is 0 Å². The molecule has 3 aromatic rings. The predicted molar refractivity (Wildman–Crippen MR) is 201 cm³/mol. The fraction of sp³-hybridized carbons (Fsp3) is 0.585. The minimum Gasteiger partial charge on any atom is -0.465 e. The number of hydrogen-bond donors (Lipinski definition) is 2. The fourth-order valence-corrected chi connectivity index (χ4v) is 6.35. The molecule has 282 valence electrons. The van der Waals surface area contributed by atoms with Gasteiger partial charge in [-0.1, -0.05) is 44.0 Å². The van der Waals surface area contributed by atoms with Gasteiger partial charge in [-0.15, -0.1) is 0 Å². The van der Waals surface area contributed by atoms with E-state index in [1.807, 2.05) is 99.6 Å². The number of benzene rings is 2. The highest BCUT2D eigenvalue weighted by molar-refractivity contribution is 6.01. The molecule has 0 aliphatic carbocycles. The number of aliphatic hydroxyl groups excluding tert-OH is 1. The first-order valence-corrected chi connectivity index (χ1v) is 18.0. The highest BCUT2D eigenvalue weighted by Gasteiger charge is 2.40. The number of carbonyl (C=O) groups excluding carboxylic acids is 3. The number of carbonyl (C=O) groups is 3. The number of nitrogens with zero attached hydrogens (tertiary/aromatic N) is 1. The molecular formula is C41H60N2O8. The van der Waals surface area contributed by atoms with Gasteiger partial charge in [0, 0.05) is 17.8 Å². The van der Waals surface area contributed by atoms with Crippen LogP contribution in [0.15, 0.2) is 36.4 Å². The second kappa shape index (κ2) is 15.9. The van der Waals surface area contributed by atoms with E-state index in [9.17, 15) is 19.5 Å². The molecule has 0 radical (unpaired) electrons. The summed E-state index contributed by atoms with van der Waals surface area (Å²) in [6.45, 7) is 24.7. The number of fused-ring (bicyclic) bond motifs is 1. The van der Waals surface area contributed by atoms with Crippen LogP contribution < -0.4 is 5.32 Å². The van der Waals surface area contributed by atoms with Crippen molar-refractivity contribution < 1.29 is 38.4 Å². The summed E-state index contributed by atoms with van der Waals surface area (Å²) < 4.78 is 24.5. The van der Waals surface area contributed by atoms with Gasteiger partial charge >= 0.3 is 12.1 Å². The van der Waals surface area contributed by atoms with Gasteiger partial charge in [-0.25, -0.2) is 9.36 Å².